The molecule has 0 bridgehead atoms. The highest BCUT2D eigenvalue weighted by Gasteiger charge is 2.18. The largest absolute Gasteiger partial charge is 0.452 e. The molecule has 1 heterocycles. The van der Waals surface area contributed by atoms with E-state index in [4.69, 9.17) is 4.74 Å². The van der Waals surface area contributed by atoms with Crippen LogP contribution in [0.3, 0.4) is 0 Å². The van der Waals surface area contributed by atoms with E-state index < -0.39 is 23.4 Å². The monoisotopic (exact) mass is 381 g/mol. The van der Waals surface area contributed by atoms with Crippen LogP contribution in [0.5, 0.6) is 0 Å². The number of benzene rings is 2. The smallest absolute Gasteiger partial charge is 0.338 e. The Morgan fingerprint density at radius 2 is 1.96 bits per heavy atom. The number of carbonyl (C=O) groups excluding carboxylic acids is 2. The Labute approximate surface area is 158 Å². The van der Waals surface area contributed by atoms with Crippen molar-refractivity contribution >= 4 is 23.3 Å². The summed E-state index contributed by atoms with van der Waals surface area (Å²) in [6.45, 7) is 1.06. The molecule has 0 aliphatic carbocycles. The van der Waals surface area contributed by atoms with E-state index in [0.29, 0.717) is 11.3 Å². The molecule has 10 nitrogen and oxygen atoms in total. The number of nitro benzene ring substituents is 1. The maximum atomic E-state index is 12.1. The van der Waals surface area contributed by atoms with Crippen LogP contribution in [0.4, 0.5) is 11.4 Å². The highest BCUT2D eigenvalue weighted by molar-refractivity contribution is 5.97. The van der Waals surface area contributed by atoms with Crippen molar-refractivity contribution in [2.75, 3.05) is 11.9 Å². The Kier molecular flexibility index (Phi) is 5.40. The molecule has 1 amide bonds. The summed E-state index contributed by atoms with van der Waals surface area (Å²) >= 11 is 0. The van der Waals surface area contributed by atoms with Crippen LogP contribution in [0.15, 0.2) is 55.1 Å². The lowest BCUT2D eigenvalue weighted by molar-refractivity contribution is -0.384. The van der Waals surface area contributed by atoms with Gasteiger partial charge >= 0.3 is 5.97 Å². The fourth-order valence-electron chi connectivity index (χ4n) is 2.45. The normalized spacial score (nSPS) is 10.3. The van der Waals surface area contributed by atoms with Gasteiger partial charge in [-0.05, 0) is 36.8 Å². The standard InChI is InChI=1S/C18H15N5O5/c1-12-3-2-4-15(23(26)27)17(12)21-16(24)9-28-18(25)13-5-7-14(8-6-13)22-11-19-10-20-22/h2-8,10-11H,9H2,1H3,(H,21,24). The van der Waals surface area contributed by atoms with Gasteiger partial charge in [0.1, 0.15) is 18.3 Å². The van der Waals surface area contributed by atoms with E-state index >= 15 is 0 Å². The van der Waals surface area contributed by atoms with Crippen LogP contribution in [0.2, 0.25) is 0 Å². The first-order valence-electron chi connectivity index (χ1n) is 8.12. The average molecular weight is 381 g/mol. The van der Waals surface area contributed by atoms with Gasteiger partial charge in [0.05, 0.1) is 16.2 Å². The fourth-order valence-corrected chi connectivity index (χ4v) is 2.45. The first-order valence-corrected chi connectivity index (χ1v) is 8.12. The molecule has 0 atom stereocenters. The third-order valence-corrected chi connectivity index (χ3v) is 3.83. The second kappa shape index (κ2) is 8.08. The number of hydrogen-bond acceptors (Lipinski definition) is 7. The van der Waals surface area contributed by atoms with Crippen molar-refractivity contribution in [3.8, 4) is 5.69 Å². The molecule has 0 unspecified atom stereocenters. The van der Waals surface area contributed by atoms with Gasteiger partial charge in [0, 0.05) is 6.07 Å². The Bertz CT molecular complexity index is 1020. The van der Waals surface area contributed by atoms with Gasteiger partial charge in [-0.2, -0.15) is 5.10 Å². The van der Waals surface area contributed by atoms with Crippen LogP contribution in [-0.2, 0) is 9.53 Å². The molecule has 28 heavy (non-hydrogen) atoms. The number of anilines is 1. The van der Waals surface area contributed by atoms with Crippen LogP contribution >= 0.6 is 0 Å². The number of carbonyl (C=O) groups is 2. The maximum Gasteiger partial charge on any atom is 0.338 e. The summed E-state index contributed by atoms with van der Waals surface area (Å²) in [5.74, 6) is -1.37. The van der Waals surface area contributed by atoms with Gasteiger partial charge < -0.3 is 10.1 Å². The molecule has 142 valence electrons. The topological polar surface area (TPSA) is 129 Å². The van der Waals surface area contributed by atoms with E-state index in [-0.39, 0.29) is 16.9 Å². The van der Waals surface area contributed by atoms with E-state index in [2.05, 4.69) is 15.4 Å². The van der Waals surface area contributed by atoms with E-state index in [1.807, 2.05) is 0 Å². The van der Waals surface area contributed by atoms with E-state index in [9.17, 15) is 19.7 Å². The molecule has 0 aliphatic rings. The lowest BCUT2D eigenvalue weighted by Crippen LogP contribution is -2.22. The minimum absolute atomic E-state index is 0.0748. The first-order chi connectivity index (χ1) is 13.5. The molecular weight excluding hydrogens is 366 g/mol. The number of aryl methyl sites for hydroxylation is 1. The van der Waals surface area contributed by atoms with Gasteiger partial charge in [-0.3, -0.25) is 14.9 Å². The number of nitrogens with zero attached hydrogens (tertiary/aromatic N) is 4. The summed E-state index contributed by atoms with van der Waals surface area (Å²) in [6.07, 6.45) is 2.90. The van der Waals surface area contributed by atoms with Gasteiger partial charge in [0.25, 0.3) is 11.6 Å². The number of ether oxygens (including phenoxy) is 1. The highest BCUT2D eigenvalue weighted by atomic mass is 16.6. The molecule has 0 aliphatic heterocycles. The van der Waals surface area contributed by atoms with Gasteiger partial charge in [-0.25, -0.2) is 14.5 Å². The maximum absolute atomic E-state index is 12.1. The lowest BCUT2D eigenvalue weighted by Gasteiger charge is -2.09. The van der Waals surface area contributed by atoms with Crippen LogP contribution < -0.4 is 5.32 Å². The third-order valence-electron chi connectivity index (χ3n) is 3.83. The molecule has 0 saturated heterocycles. The van der Waals surface area contributed by atoms with Crippen LogP contribution in [0, 0.1) is 17.0 Å². The zero-order valence-electron chi connectivity index (χ0n) is 14.7. The van der Waals surface area contributed by atoms with Crippen LogP contribution in [0.25, 0.3) is 5.69 Å². The van der Waals surface area contributed by atoms with Crippen molar-refractivity contribution in [2.45, 2.75) is 6.92 Å². The number of hydrogen-bond donors (Lipinski definition) is 1. The number of esters is 1. The second-order valence-corrected chi connectivity index (χ2v) is 5.74. The quantitative estimate of drug-likeness (QED) is 0.394. The van der Waals surface area contributed by atoms with Crippen LogP contribution in [-0.4, -0.2) is 38.2 Å². The van der Waals surface area contributed by atoms with Crippen molar-refractivity contribution in [1.82, 2.24) is 14.8 Å². The molecule has 0 radical (unpaired) electrons. The Morgan fingerprint density at radius 3 is 2.61 bits per heavy atom. The minimum Gasteiger partial charge on any atom is -0.452 e. The van der Waals surface area contributed by atoms with E-state index in [1.54, 1.807) is 25.1 Å². The number of nitrogens with one attached hydrogen (secondary N) is 1. The molecule has 2 aromatic carbocycles. The number of nitro groups is 1. The summed E-state index contributed by atoms with van der Waals surface area (Å²) in [7, 11) is 0. The molecule has 10 heteroatoms. The highest BCUT2D eigenvalue weighted by Crippen LogP contribution is 2.27. The number of amides is 1. The molecular formula is C18H15N5O5. The molecule has 1 N–H and O–H groups in total. The molecule has 3 rings (SSSR count). The molecule has 0 spiro atoms. The lowest BCUT2D eigenvalue weighted by atomic mass is 10.1. The van der Waals surface area contributed by atoms with Gasteiger partial charge in [0.15, 0.2) is 6.61 Å². The second-order valence-electron chi connectivity index (χ2n) is 5.74. The zero-order valence-corrected chi connectivity index (χ0v) is 14.7. The Balaban J connectivity index is 1.61. The molecule has 3 aromatic rings. The van der Waals surface area contributed by atoms with Crippen molar-refractivity contribution in [1.29, 1.82) is 0 Å². The number of aromatic nitrogens is 3. The van der Waals surface area contributed by atoms with Crippen molar-refractivity contribution in [3.05, 3.63) is 76.4 Å². The third kappa shape index (κ3) is 4.18. The van der Waals surface area contributed by atoms with Gasteiger partial charge in [0.2, 0.25) is 0 Å². The predicted octanol–water partition coefficient (Wildman–Crippen LogP) is 2.28. The summed E-state index contributed by atoms with van der Waals surface area (Å²) < 4.78 is 6.50. The summed E-state index contributed by atoms with van der Waals surface area (Å²) in [5.41, 5.74) is 1.32. The van der Waals surface area contributed by atoms with E-state index in [0.717, 1.165) is 0 Å². The number of para-hydroxylation sites is 1. The van der Waals surface area contributed by atoms with Gasteiger partial charge in [-0.15, -0.1) is 0 Å². The first kappa shape index (κ1) is 18.7. The summed E-state index contributed by atoms with van der Waals surface area (Å²) in [4.78, 5) is 38.5. The SMILES string of the molecule is Cc1cccc([N+](=O)[O-])c1NC(=O)COC(=O)c1ccc(-n2cncn2)cc1. The zero-order chi connectivity index (χ0) is 20.1. The van der Waals surface area contributed by atoms with Gasteiger partial charge in [-0.1, -0.05) is 12.1 Å². The molecule has 1 aromatic heterocycles. The predicted molar refractivity (Wildman–Crippen MR) is 98.1 cm³/mol. The Morgan fingerprint density at radius 1 is 1.21 bits per heavy atom. The van der Waals surface area contributed by atoms with Crippen molar-refractivity contribution in [2.24, 2.45) is 0 Å². The molecule has 0 fully saturated rings. The summed E-state index contributed by atoms with van der Waals surface area (Å²) in [6, 6.07) is 10.8. The van der Waals surface area contributed by atoms with Crippen molar-refractivity contribution < 1.29 is 19.2 Å². The average Bonchev–Trinajstić information content (AvgIpc) is 3.22. The van der Waals surface area contributed by atoms with Crippen molar-refractivity contribution in [3.63, 3.8) is 0 Å². The Hall–Kier alpha value is -4.08. The summed E-state index contributed by atoms with van der Waals surface area (Å²) in [5, 5.41) is 17.5. The minimum atomic E-state index is -0.695. The van der Waals surface area contributed by atoms with Crippen LogP contribution in [0.1, 0.15) is 15.9 Å². The number of rotatable bonds is 6. The molecule has 0 saturated carbocycles. The van der Waals surface area contributed by atoms with E-state index in [1.165, 1.54) is 41.6 Å². The fraction of sp³-hybridized carbons (Fsp3) is 0.111.